The Balaban J connectivity index is 1.48. The van der Waals surface area contributed by atoms with Crippen molar-refractivity contribution in [3.63, 3.8) is 0 Å². The first-order valence-corrected chi connectivity index (χ1v) is 9.62. The smallest absolute Gasteiger partial charge is 0.353 e. The summed E-state index contributed by atoms with van der Waals surface area (Å²) in [6.07, 6.45) is 3.45. The zero-order chi connectivity index (χ0) is 19.3. The van der Waals surface area contributed by atoms with E-state index in [0.29, 0.717) is 25.5 Å². The lowest BCUT2D eigenvalue weighted by molar-refractivity contribution is -0.383. The predicted molar refractivity (Wildman–Crippen MR) is 107 cm³/mol. The van der Waals surface area contributed by atoms with Crippen molar-refractivity contribution in [2.24, 2.45) is 0 Å². The molecule has 4 rings (SSSR count). The summed E-state index contributed by atoms with van der Waals surface area (Å²) in [6.45, 7) is 4.15. The molecule has 0 saturated carbocycles. The molecular weight excluding hydrogens is 360 g/mol. The second kappa shape index (κ2) is 8.39. The van der Waals surface area contributed by atoms with E-state index >= 15 is 0 Å². The van der Waals surface area contributed by atoms with E-state index in [4.69, 9.17) is 4.74 Å². The van der Waals surface area contributed by atoms with Gasteiger partial charge >= 0.3 is 5.69 Å². The van der Waals surface area contributed by atoms with Crippen LogP contribution in [-0.4, -0.2) is 60.3 Å². The lowest BCUT2D eigenvalue weighted by Crippen LogP contribution is -2.47. The van der Waals surface area contributed by atoms with Crippen molar-refractivity contribution in [1.82, 2.24) is 9.97 Å². The number of aromatic nitrogens is 2. The third-order valence-electron chi connectivity index (χ3n) is 5.21. The van der Waals surface area contributed by atoms with Crippen molar-refractivity contribution in [2.75, 3.05) is 54.4 Å². The van der Waals surface area contributed by atoms with Crippen LogP contribution in [0.15, 0.2) is 36.7 Å². The highest BCUT2D eigenvalue weighted by Gasteiger charge is 2.29. The van der Waals surface area contributed by atoms with Crippen LogP contribution in [0.3, 0.4) is 0 Å². The molecule has 1 aromatic carbocycles. The summed E-state index contributed by atoms with van der Waals surface area (Å²) in [7, 11) is 0. The molecule has 2 aliphatic heterocycles. The lowest BCUT2D eigenvalue weighted by Gasteiger charge is -2.36. The highest BCUT2D eigenvalue weighted by molar-refractivity contribution is 5.70. The molecule has 3 heterocycles. The minimum Gasteiger partial charge on any atom is -0.376 e. The Morgan fingerprint density at radius 3 is 2.57 bits per heavy atom. The van der Waals surface area contributed by atoms with Crippen molar-refractivity contribution in [3.8, 4) is 0 Å². The molecule has 1 N–H and O–H groups in total. The van der Waals surface area contributed by atoms with E-state index in [2.05, 4.69) is 32.3 Å². The molecule has 0 radical (unpaired) electrons. The van der Waals surface area contributed by atoms with Gasteiger partial charge in [0.05, 0.1) is 11.0 Å². The maximum absolute atomic E-state index is 11.8. The van der Waals surface area contributed by atoms with Gasteiger partial charge in [-0.05, 0) is 25.0 Å². The van der Waals surface area contributed by atoms with Gasteiger partial charge < -0.3 is 19.9 Å². The Morgan fingerprint density at radius 2 is 1.89 bits per heavy atom. The molecule has 9 nitrogen and oxygen atoms in total. The molecule has 1 atom stereocenters. The first kappa shape index (κ1) is 18.4. The second-order valence-corrected chi connectivity index (χ2v) is 6.98. The van der Waals surface area contributed by atoms with E-state index in [9.17, 15) is 10.1 Å². The van der Waals surface area contributed by atoms with E-state index in [-0.39, 0.29) is 17.6 Å². The van der Waals surface area contributed by atoms with Crippen LogP contribution in [0.5, 0.6) is 0 Å². The number of rotatable bonds is 6. The number of hydrogen-bond acceptors (Lipinski definition) is 8. The van der Waals surface area contributed by atoms with Gasteiger partial charge in [-0.15, -0.1) is 0 Å². The van der Waals surface area contributed by atoms with Gasteiger partial charge in [0.25, 0.3) is 0 Å². The highest BCUT2D eigenvalue weighted by Crippen LogP contribution is 2.33. The monoisotopic (exact) mass is 384 g/mol. The zero-order valence-electron chi connectivity index (χ0n) is 15.7. The first-order chi connectivity index (χ1) is 13.7. The van der Waals surface area contributed by atoms with E-state index in [1.807, 2.05) is 23.1 Å². The van der Waals surface area contributed by atoms with Crippen molar-refractivity contribution < 1.29 is 9.66 Å². The van der Waals surface area contributed by atoms with Crippen molar-refractivity contribution in [1.29, 1.82) is 0 Å². The minimum absolute atomic E-state index is 0.0614. The number of ether oxygens (including phenoxy) is 1. The summed E-state index contributed by atoms with van der Waals surface area (Å²) in [5.74, 6) is 0.638. The molecule has 2 saturated heterocycles. The summed E-state index contributed by atoms with van der Waals surface area (Å²) < 4.78 is 5.58. The number of para-hydroxylation sites is 1. The molecule has 0 aliphatic carbocycles. The molecule has 1 unspecified atom stereocenters. The third kappa shape index (κ3) is 3.99. The molecule has 0 spiro atoms. The molecular formula is C19H24N6O3. The highest BCUT2D eigenvalue weighted by atomic mass is 16.6. The van der Waals surface area contributed by atoms with Crippen LogP contribution in [-0.2, 0) is 4.74 Å². The van der Waals surface area contributed by atoms with Gasteiger partial charge in [-0.2, -0.15) is 0 Å². The molecule has 28 heavy (non-hydrogen) atoms. The van der Waals surface area contributed by atoms with Crippen molar-refractivity contribution >= 4 is 23.0 Å². The van der Waals surface area contributed by atoms with Crippen LogP contribution < -0.4 is 15.1 Å². The molecule has 0 amide bonds. The Bertz CT molecular complexity index is 805. The van der Waals surface area contributed by atoms with Crippen LogP contribution >= 0.6 is 0 Å². The average Bonchev–Trinajstić information content (AvgIpc) is 3.26. The minimum atomic E-state index is -0.392. The average molecular weight is 384 g/mol. The number of nitrogens with zero attached hydrogens (tertiary/aromatic N) is 5. The van der Waals surface area contributed by atoms with Gasteiger partial charge in [0.2, 0.25) is 11.6 Å². The first-order valence-electron chi connectivity index (χ1n) is 9.62. The van der Waals surface area contributed by atoms with Crippen LogP contribution in [0.2, 0.25) is 0 Å². The van der Waals surface area contributed by atoms with Crippen LogP contribution in [0.25, 0.3) is 0 Å². The molecule has 0 bridgehead atoms. The van der Waals surface area contributed by atoms with E-state index in [1.165, 1.54) is 12.0 Å². The molecule has 148 valence electrons. The third-order valence-corrected chi connectivity index (χ3v) is 5.21. The van der Waals surface area contributed by atoms with E-state index in [0.717, 1.165) is 32.5 Å². The zero-order valence-corrected chi connectivity index (χ0v) is 15.7. The summed E-state index contributed by atoms with van der Waals surface area (Å²) in [5.41, 5.74) is 1.10. The largest absolute Gasteiger partial charge is 0.376 e. The van der Waals surface area contributed by atoms with Crippen molar-refractivity contribution in [2.45, 2.75) is 18.9 Å². The van der Waals surface area contributed by atoms with Gasteiger partial charge in [0.15, 0.2) is 0 Å². The van der Waals surface area contributed by atoms with Gasteiger partial charge in [0.1, 0.15) is 6.33 Å². The predicted octanol–water partition coefficient (Wildman–Crippen LogP) is 2.30. The standard InChI is InChI=1S/C19H24N6O3/c26-25(27)17-18(20-13-16-7-4-12-28-16)21-14-22-19(17)24-10-8-23(9-11-24)15-5-2-1-3-6-15/h1-3,5-6,14,16H,4,7-13H2,(H,20,21,22). The topological polar surface area (TPSA) is 96.7 Å². The maximum atomic E-state index is 11.8. The molecule has 9 heteroatoms. The van der Waals surface area contributed by atoms with Gasteiger partial charge in [0, 0.05) is 45.0 Å². The fourth-order valence-electron chi connectivity index (χ4n) is 3.73. The molecule has 2 aromatic rings. The fourth-order valence-corrected chi connectivity index (χ4v) is 3.73. The second-order valence-electron chi connectivity index (χ2n) is 6.98. The summed E-state index contributed by atoms with van der Waals surface area (Å²) in [4.78, 5) is 24.0. The number of piperazine rings is 1. The number of nitrogens with one attached hydrogen (secondary N) is 1. The Kier molecular flexibility index (Phi) is 5.52. The number of nitro groups is 1. The summed E-state index contributed by atoms with van der Waals surface area (Å²) in [6, 6.07) is 10.2. The fraction of sp³-hybridized carbons (Fsp3) is 0.474. The molecule has 1 aromatic heterocycles. The number of benzene rings is 1. The SMILES string of the molecule is O=[N+]([O-])c1c(NCC2CCCO2)ncnc1N1CCN(c2ccccc2)CC1. The van der Waals surface area contributed by atoms with Crippen LogP contribution in [0, 0.1) is 10.1 Å². The van der Waals surface area contributed by atoms with E-state index in [1.54, 1.807) is 0 Å². The van der Waals surface area contributed by atoms with Gasteiger partial charge in [-0.1, -0.05) is 18.2 Å². The Hall–Kier alpha value is -2.94. The Labute approximate surface area is 163 Å². The molecule has 2 aliphatic rings. The number of anilines is 3. The van der Waals surface area contributed by atoms with Crippen molar-refractivity contribution in [3.05, 3.63) is 46.8 Å². The van der Waals surface area contributed by atoms with Crippen LogP contribution in [0.1, 0.15) is 12.8 Å². The van der Waals surface area contributed by atoms with E-state index < -0.39 is 4.92 Å². The Morgan fingerprint density at radius 1 is 1.14 bits per heavy atom. The molecule has 2 fully saturated rings. The van der Waals surface area contributed by atoms with Crippen LogP contribution in [0.4, 0.5) is 23.0 Å². The van der Waals surface area contributed by atoms with Gasteiger partial charge in [-0.3, -0.25) is 10.1 Å². The normalized spacial score (nSPS) is 19.6. The lowest BCUT2D eigenvalue weighted by atomic mass is 10.2. The summed E-state index contributed by atoms with van der Waals surface area (Å²) >= 11 is 0. The number of hydrogen-bond donors (Lipinski definition) is 1. The quantitative estimate of drug-likeness (QED) is 0.599. The summed E-state index contributed by atoms with van der Waals surface area (Å²) in [5, 5.41) is 14.9. The maximum Gasteiger partial charge on any atom is 0.353 e. The van der Waals surface area contributed by atoms with Gasteiger partial charge in [-0.25, -0.2) is 9.97 Å².